The zero-order valence-electron chi connectivity index (χ0n) is 18.9. The van der Waals surface area contributed by atoms with E-state index < -0.39 is 6.03 Å². The average Bonchev–Trinajstić information content (AvgIpc) is 3.17. The highest BCUT2D eigenvalue weighted by Gasteiger charge is 2.20. The maximum Gasteiger partial charge on any atom is 0.324 e. The van der Waals surface area contributed by atoms with Gasteiger partial charge < -0.3 is 19.5 Å². The topological polar surface area (TPSA) is 132 Å². The van der Waals surface area contributed by atoms with Crippen molar-refractivity contribution >= 4 is 17.5 Å². The number of H-pyrrole nitrogens is 1. The summed E-state index contributed by atoms with van der Waals surface area (Å²) in [6.07, 6.45) is 3.44. The van der Waals surface area contributed by atoms with E-state index in [2.05, 4.69) is 25.7 Å². The number of amides is 2. The van der Waals surface area contributed by atoms with Crippen LogP contribution in [0.15, 0.2) is 23.0 Å². The molecule has 3 aromatic rings. The Labute approximate surface area is 190 Å². The number of hydrogen-bond acceptors (Lipinski definition) is 7. The Bertz CT molecular complexity index is 1220. The first-order valence-corrected chi connectivity index (χ1v) is 10.5. The van der Waals surface area contributed by atoms with Crippen molar-refractivity contribution in [3.05, 3.63) is 45.5 Å². The van der Waals surface area contributed by atoms with Crippen LogP contribution in [0.5, 0.6) is 17.2 Å². The fourth-order valence-corrected chi connectivity index (χ4v) is 3.87. The molecule has 1 aliphatic carbocycles. The number of hydrogen-bond donors (Lipinski definition) is 3. The number of nitrogens with zero attached hydrogens (tertiary/aromatic N) is 3. The van der Waals surface area contributed by atoms with Crippen molar-refractivity contribution in [2.75, 3.05) is 32.0 Å². The van der Waals surface area contributed by atoms with Crippen molar-refractivity contribution in [1.82, 2.24) is 19.7 Å². The van der Waals surface area contributed by atoms with Crippen LogP contribution < -0.4 is 30.4 Å². The lowest BCUT2D eigenvalue weighted by atomic mass is 9.97. The second-order valence-corrected chi connectivity index (χ2v) is 7.60. The number of aromatic amines is 1. The molecule has 2 heterocycles. The quantitative estimate of drug-likeness (QED) is 0.522. The molecule has 11 nitrogen and oxygen atoms in total. The van der Waals surface area contributed by atoms with Gasteiger partial charge in [0.2, 0.25) is 11.7 Å². The number of carbonyl (C=O) groups is 1. The summed E-state index contributed by atoms with van der Waals surface area (Å²) in [6.45, 7) is 1.79. The second kappa shape index (κ2) is 9.23. The Morgan fingerprint density at radius 1 is 1.03 bits per heavy atom. The molecule has 0 fully saturated rings. The first kappa shape index (κ1) is 22.2. The molecule has 0 aliphatic heterocycles. The Morgan fingerprint density at radius 3 is 2.39 bits per heavy atom. The van der Waals surface area contributed by atoms with Crippen LogP contribution in [-0.2, 0) is 12.8 Å². The Balaban J connectivity index is 1.60. The predicted octanol–water partition coefficient (Wildman–Crippen LogP) is 2.81. The summed E-state index contributed by atoms with van der Waals surface area (Å²) in [5, 5.41) is 9.89. The molecule has 0 saturated carbocycles. The number of benzene rings is 1. The Kier molecular flexibility index (Phi) is 6.20. The summed E-state index contributed by atoms with van der Waals surface area (Å²) in [5.41, 5.74) is 2.42. The van der Waals surface area contributed by atoms with E-state index in [0.717, 1.165) is 36.9 Å². The van der Waals surface area contributed by atoms with Gasteiger partial charge in [-0.05, 0) is 32.6 Å². The summed E-state index contributed by atoms with van der Waals surface area (Å²) < 4.78 is 17.4. The standard InChI is InChI=1S/C22H26N6O5/c1-12-9-18(28(27-12)21-24-15-8-6-5-7-14(15)20(29)26-21)25-22(30)23-13-10-16(31-2)19(33-4)17(11-13)32-3/h9-11H,5-8H2,1-4H3,(H2,23,25,30)(H,24,26,29). The molecular formula is C22H26N6O5. The fraction of sp³-hybridized carbons (Fsp3) is 0.364. The maximum atomic E-state index is 12.8. The third-order valence-electron chi connectivity index (χ3n) is 5.38. The lowest BCUT2D eigenvalue weighted by molar-refractivity contribution is 0.262. The second-order valence-electron chi connectivity index (χ2n) is 7.60. The highest BCUT2D eigenvalue weighted by molar-refractivity contribution is 5.99. The van der Waals surface area contributed by atoms with Gasteiger partial charge in [0, 0.05) is 23.8 Å². The van der Waals surface area contributed by atoms with E-state index in [-0.39, 0.29) is 11.5 Å². The van der Waals surface area contributed by atoms with Crippen LogP contribution in [0.1, 0.15) is 29.8 Å². The first-order valence-electron chi connectivity index (χ1n) is 10.5. The maximum absolute atomic E-state index is 12.8. The molecule has 0 saturated heterocycles. The molecule has 1 aromatic carbocycles. The van der Waals surface area contributed by atoms with Gasteiger partial charge in [0.05, 0.1) is 38.4 Å². The zero-order valence-corrected chi connectivity index (χ0v) is 18.9. The van der Waals surface area contributed by atoms with Gasteiger partial charge in [0.1, 0.15) is 5.82 Å². The van der Waals surface area contributed by atoms with Gasteiger partial charge >= 0.3 is 6.03 Å². The normalized spacial score (nSPS) is 12.6. The molecule has 33 heavy (non-hydrogen) atoms. The largest absolute Gasteiger partial charge is 0.493 e. The third-order valence-corrected chi connectivity index (χ3v) is 5.38. The van der Waals surface area contributed by atoms with E-state index in [1.54, 1.807) is 25.1 Å². The van der Waals surface area contributed by atoms with Crippen LogP contribution in [-0.4, -0.2) is 47.1 Å². The molecule has 4 rings (SSSR count). The van der Waals surface area contributed by atoms with Crippen molar-refractivity contribution in [3.63, 3.8) is 0 Å². The summed E-state index contributed by atoms with van der Waals surface area (Å²) in [4.78, 5) is 32.7. The van der Waals surface area contributed by atoms with E-state index in [4.69, 9.17) is 14.2 Å². The van der Waals surface area contributed by atoms with Gasteiger partial charge in [-0.25, -0.2) is 9.78 Å². The van der Waals surface area contributed by atoms with Gasteiger partial charge in [0.25, 0.3) is 5.56 Å². The minimum Gasteiger partial charge on any atom is -0.493 e. The molecule has 0 radical (unpaired) electrons. The number of anilines is 2. The number of urea groups is 1. The highest BCUT2D eigenvalue weighted by Crippen LogP contribution is 2.40. The molecule has 2 aromatic heterocycles. The molecule has 0 bridgehead atoms. The molecule has 3 N–H and O–H groups in total. The molecular weight excluding hydrogens is 428 g/mol. The molecule has 11 heteroatoms. The minimum absolute atomic E-state index is 0.171. The van der Waals surface area contributed by atoms with E-state index in [0.29, 0.717) is 34.4 Å². The zero-order chi connectivity index (χ0) is 23.5. The van der Waals surface area contributed by atoms with E-state index >= 15 is 0 Å². The van der Waals surface area contributed by atoms with Crippen LogP contribution in [0.2, 0.25) is 0 Å². The van der Waals surface area contributed by atoms with Crippen LogP contribution >= 0.6 is 0 Å². The van der Waals surface area contributed by atoms with E-state index in [1.807, 2.05) is 0 Å². The lowest BCUT2D eigenvalue weighted by Crippen LogP contribution is -2.25. The Morgan fingerprint density at radius 2 is 1.73 bits per heavy atom. The van der Waals surface area contributed by atoms with Gasteiger partial charge in [-0.1, -0.05) is 0 Å². The summed E-state index contributed by atoms with van der Waals surface area (Å²) in [7, 11) is 4.49. The Hall–Kier alpha value is -4.02. The van der Waals surface area contributed by atoms with Gasteiger partial charge in [-0.2, -0.15) is 9.78 Å². The van der Waals surface area contributed by atoms with Crippen LogP contribution in [0, 0.1) is 6.92 Å². The van der Waals surface area contributed by atoms with Crippen LogP contribution in [0.3, 0.4) is 0 Å². The van der Waals surface area contributed by atoms with Gasteiger partial charge in [0.15, 0.2) is 11.5 Å². The highest BCUT2D eigenvalue weighted by atomic mass is 16.5. The molecule has 0 spiro atoms. The number of methoxy groups -OCH3 is 3. The number of aryl methyl sites for hydroxylation is 2. The monoisotopic (exact) mass is 454 g/mol. The average molecular weight is 454 g/mol. The number of aromatic nitrogens is 4. The molecule has 2 amide bonds. The van der Waals surface area contributed by atoms with Gasteiger partial charge in [-0.15, -0.1) is 0 Å². The number of fused-ring (bicyclic) bond motifs is 1. The SMILES string of the molecule is COc1cc(NC(=O)Nc2cc(C)nn2-c2nc3c(c(=O)[nH]2)CCCC3)cc(OC)c1OC. The molecule has 0 unspecified atom stereocenters. The minimum atomic E-state index is -0.522. The fourth-order valence-electron chi connectivity index (χ4n) is 3.87. The van der Waals surface area contributed by atoms with E-state index in [9.17, 15) is 9.59 Å². The molecule has 0 atom stereocenters. The van der Waals surface area contributed by atoms with Crippen molar-refractivity contribution in [2.45, 2.75) is 32.6 Å². The molecule has 1 aliphatic rings. The van der Waals surface area contributed by atoms with Crippen LogP contribution in [0.4, 0.5) is 16.3 Å². The molecule has 174 valence electrons. The van der Waals surface area contributed by atoms with Gasteiger partial charge in [-0.3, -0.25) is 15.1 Å². The lowest BCUT2D eigenvalue weighted by Gasteiger charge is -2.16. The summed E-state index contributed by atoms with van der Waals surface area (Å²) >= 11 is 0. The number of carbonyl (C=O) groups excluding carboxylic acids is 1. The summed E-state index contributed by atoms with van der Waals surface area (Å²) in [6, 6.07) is 4.40. The van der Waals surface area contributed by atoms with E-state index in [1.165, 1.54) is 26.0 Å². The first-order chi connectivity index (χ1) is 15.9. The van der Waals surface area contributed by atoms with Crippen molar-refractivity contribution in [2.24, 2.45) is 0 Å². The van der Waals surface area contributed by atoms with Crippen molar-refractivity contribution in [1.29, 1.82) is 0 Å². The number of nitrogens with one attached hydrogen (secondary N) is 3. The number of ether oxygens (including phenoxy) is 3. The number of rotatable bonds is 6. The van der Waals surface area contributed by atoms with Crippen molar-refractivity contribution < 1.29 is 19.0 Å². The predicted molar refractivity (Wildman–Crippen MR) is 122 cm³/mol. The van der Waals surface area contributed by atoms with Crippen LogP contribution in [0.25, 0.3) is 5.95 Å². The summed E-state index contributed by atoms with van der Waals surface area (Å²) in [5.74, 6) is 1.85. The third kappa shape index (κ3) is 4.47. The smallest absolute Gasteiger partial charge is 0.324 e. The van der Waals surface area contributed by atoms with Crippen molar-refractivity contribution in [3.8, 4) is 23.2 Å².